The summed E-state index contributed by atoms with van der Waals surface area (Å²) >= 11 is 0. The Bertz CT molecular complexity index is 592. The summed E-state index contributed by atoms with van der Waals surface area (Å²) in [5, 5.41) is 4.82. The average Bonchev–Trinajstić information content (AvgIpc) is 2.36. The van der Waals surface area contributed by atoms with Crippen LogP contribution in [-0.4, -0.2) is 18.5 Å². The highest BCUT2D eigenvalue weighted by molar-refractivity contribution is 5.95. The first-order chi connectivity index (χ1) is 8.65. The molecule has 2 rings (SSSR count). The number of benzene rings is 2. The van der Waals surface area contributed by atoms with Crippen molar-refractivity contribution in [1.29, 1.82) is 0 Å². The third-order valence-corrected chi connectivity index (χ3v) is 2.44. The number of nitrogens with one attached hydrogen (secondary N) is 1. The van der Waals surface area contributed by atoms with Gasteiger partial charge >= 0.3 is 5.97 Å². The molecule has 0 bridgehead atoms. The van der Waals surface area contributed by atoms with Crippen LogP contribution in [0.3, 0.4) is 0 Å². The van der Waals surface area contributed by atoms with Crippen molar-refractivity contribution in [3.05, 3.63) is 42.5 Å². The van der Waals surface area contributed by atoms with Gasteiger partial charge in [-0.15, -0.1) is 0 Å². The van der Waals surface area contributed by atoms with Gasteiger partial charge in [-0.2, -0.15) is 0 Å². The van der Waals surface area contributed by atoms with Crippen LogP contribution in [0.5, 0.6) is 0 Å². The Morgan fingerprint density at radius 1 is 1.11 bits per heavy atom. The summed E-state index contributed by atoms with van der Waals surface area (Å²) in [6, 6.07) is 13.5. The normalized spacial score (nSPS) is 10.1. The standard InChI is InChI=1S/C14H13NO3/c1-10(16)18-9-14(17)15-13-7-6-11-4-2-3-5-12(11)8-13/h2-8H,9H2,1H3,(H,15,17). The van der Waals surface area contributed by atoms with Crippen molar-refractivity contribution in [3.8, 4) is 0 Å². The molecule has 0 aliphatic rings. The third kappa shape index (κ3) is 3.07. The van der Waals surface area contributed by atoms with Crippen LogP contribution in [0.15, 0.2) is 42.5 Å². The summed E-state index contributed by atoms with van der Waals surface area (Å²) in [7, 11) is 0. The monoisotopic (exact) mass is 243 g/mol. The first kappa shape index (κ1) is 12.1. The van der Waals surface area contributed by atoms with Crippen molar-refractivity contribution in [2.75, 3.05) is 11.9 Å². The van der Waals surface area contributed by atoms with Gasteiger partial charge in [0.1, 0.15) is 0 Å². The molecule has 0 fully saturated rings. The topological polar surface area (TPSA) is 55.4 Å². The number of carbonyl (C=O) groups is 2. The fourth-order valence-electron chi connectivity index (χ4n) is 1.63. The summed E-state index contributed by atoms with van der Waals surface area (Å²) in [6.45, 7) is 1.01. The van der Waals surface area contributed by atoms with E-state index >= 15 is 0 Å². The van der Waals surface area contributed by atoms with Gasteiger partial charge in [0.05, 0.1) is 0 Å². The number of anilines is 1. The second-order valence-corrected chi connectivity index (χ2v) is 3.89. The number of carbonyl (C=O) groups excluding carboxylic acids is 2. The van der Waals surface area contributed by atoms with Crippen molar-refractivity contribution in [2.45, 2.75) is 6.92 Å². The lowest BCUT2D eigenvalue weighted by atomic mass is 10.1. The zero-order valence-corrected chi connectivity index (χ0v) is 9.97. The largest absolute Gasteiger partial charge is 0.456 e. The minimum absolute atomic E-state index is 0.262. The molecule has 0 heterocycles. The number of amides is 1. The lowest BCUT2D eigenvalue weighted by Crippen LogP contribution is -2.19. The summed E-state index contributed by atoms with van der Waals surface area (Å²) in [5.41, 5.74) is 0.686. The molecule has 0 saturated carbocycles. The van der Waals surface area contributed by atoms with Crippen LogP contribution < -0.4 is 5.32 Å². The molecule has 0 aromatic heterocycles. The molecule has 0 radical (unpaired) electrons. The molecule has 0 saturated heterocycles. The number of esters is 1. The molecule has 4 heteroatoms. The van der Waals surface area contributed by atoms with Gasteiger partial charge in [-0.1, -0.05) is 30.3 Å². The second kappa shape index (κ2) is 5.31. The van der Waals surface area contributed by atoms with Crippen LogP contribution >= 0.6 is 0 Å². The number of fused-ring (bicyclic) bond motifs is 1. The van der Waals surface area contributed by atoms with E-state index in [1.807, 2.05) is 42.5 Å². The van der Waals surface area contributed by atoms with E-state index in [1.165, 1.54) is 6.92 Å². The van der Waals surface area contributed by atoms with Crippen LogP contribution in [-0.2, 0) is 14.3 Å². The summed E-state index contributed by atoms with van der Waals surface area (Å²) in [6.07, 6.45) is 0. The van der Waals surface area contributed by atoms with E-state index in [0.29, 0.717) is 5.69 Å². The first-order valence-electron chi connectivity index (χ1n) is 5.57. The van der Waals surface area contributed by atoms with Gasteiger partial charge in [-0.05, 0) is 22.9 Å². The van der Waals surface area contributed by atoms with E-state index in [2.05, 4.69) is 10.1 Å². The van der Waals surface area contributed by atoms with Crippen molar-refractivity contribution in [2.24, 2.45) is 0 Å². The minimum Gasteiger partial charge on any atom is -0.456 e. The highest BCUT2D eigenvalue weighted by atomic mass is 16.5. The molecular weight excluding hydrogens is 230 g/mol. The maximum Gasteiger partial charge on any atom is 0.303 e. The van der Waals surface area contributed by atoms with Crippen LogP contribution in [0.1, 0.15) is 6.92 Å². The highest BCUT2D eigenvalue weighted by Crippen LogP contribution is 2.18. The van der Waals surface area contributed by atoms with E-state index in [1.54, 1.807) is 0 Å². The maximum absolute atomic E-state index is 11.5. The lowest BCUT2D eigenvalue weighted by molar-refractivity contribution is -0.144. The Balaban J connectivity index is 2.07. The summed E-state index contributed by atoms with van der Waals surface area (Å²) in [5.74, 6) is -0.816. The zero-order valence-electron chi connectivity index (χ0n) is 9.97. The summed E-state index contributed by atoms with van der Waals surface area (Å²) < 4.78 is 4.61. The van der Waals surface area contributed by atoms with Crippen molar-refractivity contribution in [3.63, 3.8) is 0 Å². The van der Waals surface area contributed by atoms with Crippen LogP contribution in [0.4, 0.5) is 5.69 Å². The third-order valence-electron chi connectivity index (χ3n) is 2.44. The van der Waals surface area contributed by atoms with Crippen LogP contribution in [0.25, 0.3) is 10.8 Å². The van der Waals surface area contributed by atoms with Crippen LogP contribution in [0, 0.1) is 0 Å². The fourth-order valence-corrected chi connectivity index (χ4v) is 1.63. The molecular formula is C14H13NO3. The molecule has 0 aliphatic heterocycles. The molecule has 0 aliphatic carbocycles. The number of ether oxygens (including phenoxy) is 1. The van der Waals surface area contributed by atoms with Gasteiger partial charge in [0.15, 0.2) is 6.61 Å². The molecule has 0 unspecified atom stereocenters. The summed E-state index contributed by atoms with van der Waals surface area (Å²) in [4.78, 5) is 22.0. The molecule has 1 amide bonds. The predicted octanol–water partition coefficient (Wildman–Crippen LogP) is 2.34. The SMILES string of the molecule is CC(=O)OCC(=O)Nc1ccc2ccccc2c1. The van der Waals surface area contributed by atoms with Crippen LogP contribution in [0.2, 0.25) is 0 Å². The Morgan fingerprint density at radius 2 is 1.83 bits per heavy atom. The predicted molar refractivity (Wildman–Crippen MR) is 69.2 cm³/mol. The Hall–Kier alpha value is -2.36. The van der Waals surface area contributed by atoms with Crippen molar-refractivity contribution in [1.82, 2.24) is 0 Å². The molecule has 1 N–H and O–H groups in total. The lowest BCUT2D eigenvalue weighted by Gasteiger charge is -2.06. The molecule has 0 atom stereocenters. The van der Waals surface area contributed by atoms with E-state index in [4.69, 9.17) is 0 Å². The first-order valence-corrected chi connectivity index (χ1v) is 5.57. The second-order valence-electron chi connectivity index (χ2n) is 3.89. The van der Waals surface area contributed by atoms with Gasteiger partial charge < -0.3 is 10.1 Å². The van der Waals surface area contributed by atoms with E-state index in [-0.39, 0.29) is 12.5 Å². The number of hydrogen-bond donors (Lipinski definition) is 1. The smallest absolute Gasteiger partial charge is 0.303 e. The number of rotatable bonds is 3. The Labute approximate surface area is 105 Å². The molecule has 4 nitrogen and oxygen atoms in total. The van der Waals surface area contributed by atoms with E-state index in [9.17, 15) is 9.59 Å². The van der Waals surface area contributed by atoms with E-state index in [0.717, 1.165) is 10.8 Å². The maximum atomic E-state index is 11.5. The zero-order chi connectivity index (χ0) is 13.0. The molecule has 92 valence electrons. The molecule has 18 heavy (non-hydrogen) atoms. The minimum atomic E-state index is -0.469. The average molecular weight is 243 g/mol. The van der Waals surface area contributed by atoms with Crippen molar-refractivity contribution >= 4 is 28.3 Å². The van der Waals surface area contributed by atoms with Gasteiger partial charge in [0.25, 0.3) is 5.91 Å². The fraction of sp³-hybridized carbons (Fsp3) is 0.143. The highest BCUT2D eigenvalue weighted by Gasteiger charge is 2.04. The number of hydrogen-bond acceptors (Lipinski definition) is 3. The quantitative estimate of drug-likeness (QED) is 0.842. The van der Waals surface area contributed by atoms with E-state index < -0.39 is 5.97 Å². The molecule has 0 spiro atoms. The van der Waals surface area contributed by atoms with Gasteiger partial charge in [-0.25, -0.2) is 0 Å². The van der Waals surface area contributed by atoms with Gasteiger partial charge in [0, 0.05) is 12.6 Å². The van der Waals surface area contributed by atoms with Gasteiger partial charge in [-0.3, -0.25) is 9.59 Å². The Kier molecular flexibility index (Phi) is 3.57. The molecule has 2 aromatic rings. The Morgan fingerprint density at radius 3 is 2.56 bits per heavy atom. The van der Waals surface area contributed by atoms with Crippen molar-refractivity contribution < 1.29 is 14.3 Å². The molecule has 2 aromatic carbocycles. The van der Waals surface area contributed by atoms with Gasteiger partial charge in [0.2, 0.25) is 0 Å².